The van der Waals surface area contributed by atoms with Crippen molar-refractivity contribution in [3.8, 4) is 0 Å². The minimum atomic E-state index is -0.210. The number of rotatable bonds is 5. The molecule has 0 bridgehead atoms. The predicted octanol–water partition coefficient (Wildman–Crippen LogP) is 2.71. The Labute approximate surface area is 119 Å². The van der Waals surface area contributed by atoms with Crippen LogP contribution in [0.25, 0.3) is 0 Å². The van der Waals surface area contributed by atoms with Gasteiger partial charge in [0, 0.05) is 17.8 Å². The highest BCUT2D eigenvalue weighted by Gasteiger charge is 2.10. The summed E-state index contributed by atoms with van der Waals surface area (Å²) in [5.41, 5.74) is 9.27. The first kappa shape index (κ1) is 14.6. The molecule has 4 heteroatoms. The van der Waals surface area contributed by atoms with Gasteiger partial charge < -0.3 is 5.73 Å². The Morgan fingerprint density at radius 3 is 2.35 bits per heavy atom. The zero-order valence-electron chi connectivity index (χ0n) is 12.0. The van der Waals surface area contributed by atoms with Crippen LogP contribution >= 0.6 is 0 Å². The molecule has 0 spiro atoms. The number of hydrogen-bond donors (Lipinski definition) is 1. The number of benzene rings is 1. The number of aromatic nitrogens is 2. The van der Waals surface area contributed by atoms with Crippen LogP contribution in [0.5, 0.6) is 0 Å². The van der Waals surface area contributed by atoms with E-state index >= 15 is 0 Å². The van der Waals surface area contributed by atoms with Crippen LogP contribution in [0.3, 0.4) is 0 Å². The van der Waals surface area contributed by atoms with Gasteiger partial charge in [0.1, 0.15) is 11.6 Å². The van der Waals surface area contributed by atoms with Crippen LogP contribution in [0.1, 0.15) is 34.8 Å². The first-order valence-corrected chi connectivity index (χ1v) is 6.88. The number of aryl methyl sites for hydroxylation is 2. The fourth-order valence-corrected chi connectivity index (χ4v) is 2.34. The molecule has 0 saturated heterocycles. The zero-order chi connectivity index (χ0) is 14.5. The summed E-state index contributed by atoms with van der Waals surface area (Å²) in [6.07, 6.45) is 2.25. The third-order valence-corrected chi connectivity index (χ3v) is 3.40. The van der Waals surface area contributed by atoms with Crippen molar-refractivity contribution in [3.63, 3.8) is 0 Å². The maximum atomic E-state index is 13.7. The van der Waals surface area contributed by atoms with E-state index in [-0.39, 0.29) is 5.82 Å². The lowest BCUT2D eigenvalue weighted by Crippen LogP contribution is -2.08. The molecule has 20 heavy (non-hydrogen) atoms. The van der Waals surface area contributed by atoms with Crippen LogP contribution in [0.2, 0.25) is 0 Å². The molecule has 0 aliphatic rings. The molecular weight excluding hydrogens is 253 g/mol. The molecule has 2 N–H and O–H groups in total. The summed E-state index contributed by atoms with van der Waals surface area (Å²) < 4.78 is 13.7. The second-order valence-electron chi connectivity index (χ2n) is 4.95. The van der Waals surface area contributed by atoms with Crippen LogP contribution in [0, 0.1) is 19.7 Å². The van der Waals surface area contributed by atoms with Gasteiger partial charge in [0.2, 0.25) is 0 Å². The van der Waals surface area contributed by atoms with E-state index in [1.807, 2.05) is 19.9 Å². The van der Waals surface area contributed by atoms with Crippen molar-refractivity contribution < 1.29 is 4.39 Å². The van der Waals surface area contributed by atoms with Crippen molar-refractivity contribution in [2.24, 2.45) is 5.73 Å². The second-order valence-corrected chi connectivity index (χ2v) is 4.95. The van der Waals surface area contributed by atoms with Crippen molar-refractivity contribution in [3.05, 3.63) is 58.4 Å². The zero-order valence-corrected chi connectivity index (χ0v) is 12.0. The third-order valence-electron chi connectivity index (χ3n) is 3.40. The normalized spacial score (nSPS) is 10.8. The number of halogens is 1. The van der Waals surface area contributed by atoms with Gasteiger partial charge in [0.25, 0.3) is 0 Å². The van der Waals surface area contributed by atoms with Gasteiger partial charge >= 0.3 is 0 Å². The van der Waals surface area contributed by atoms with Gasteiger partial charge in [-0.25, -0.2) is 14.4 Å². The molecule has 2 rings (SSSR count). The third kappa shape index (κ3) is 3.39. The van der Waals surface area contributed by atoms with Gasteiger partial charge in [0.15, 0.2) is 0 Å². The molecule has 0 atom stereocenters. The van der Waals surface area contributed by atoms with Gasteiger partial charge in [-0.15, -0.1) is 0 Å². The minimum Gasteiger partial charge on any atom is -0.330 e. The first-order chi connectivity index (χ1) is 9.61. The summed E-state index contributed by atoms with van der Waals surface area (Å²) in [7, 11) is 0. The van der Waals surface area contributed by atoms with Crippen molar-refractivity contribution >= 4 is 0 Å². The van der Waals surface area contributed by atoms with Crippen molar-refractivity contribution in [2.45, 2.75) is 33.1 Å². The molecular formula is C16H20FN3. The summed E-state index contributed by atoms with van der Waals surface area (Å²) >= 11 is 0. The molecule has 0 saturated carbocycles. The van der Waals surface area contributed by atoms with Gasteiger partial charge in [-0.2, -0.15) is 0 Å². The molecule has 3 nitrogen and oxygen atoms in total. The molecule has 0 aliphatic carbocycles. The fraction of sp³-hybridized carbons (Fsp3) is 0.375. The smallest absolute Gasteiger partial charge is 0.133 e. The minimum absolute atomic E-state index is 0.210. The topological polar surface area (TPSA) is 51.8 Å². The van der Waals surface area contributed by atoms with E-state index in [1.165, 1.54) is 6.07 Å². The SMILES string of the molecule is Cc1nc(Cc2ccccc2F)nc(C)c1CCCN. The maximum Gasteiger partial charge on any atom is 0.133 e. The highest BCUT2D eigenvalue weighted by molar-refractivity contribution is 5.27. The van der Waals surface area contributed by atoms with E-state index in [2.05, 4.69) is 9.97 Å². The van der Waals surface area contributed by atoms with Gasteiger partial charge in [-0.3, -0.25) is 0 Å². The summed E-state index contributed by atoms with van der Waals surface area (Å²) in [5.74, 6) is 0.459. The monoisotopic (exact) mass is 273 g/mol. The molecule has 0 radical (unpaired) electrons. The Bertz CT molecular complexity index is 573. The number of nitrogens with zero attached hydrogens (tertiary/aromatic N) is 2. The van der Waals surface area contributed by atoms with Gasteiger partial charge in [-0.1, -0.05) is 18.2 Å². The molecule has 0 fully saturated rings. The lowest BCUT2D eigenvalue weighted by atomic mass is 10.1. The van der Waals surface area contributed by atoms with E-state index < -0.39 is 0 Å². The maximum absolute atomic E-state index is 13.7. The van der Waals surface area contributed by atoms with E-state index in [9.17, 15) is 4.39 Å². The van der Waals surface area contributed by atoms with Crippen LogP contribution in [-0.2, 0) is 12.8 Å². The second kappa shape index (κ2) is 6.57. The highest BCUT2D eigenvalue weighted by atomic mass is 19.1. The fourth-order valence-electron chi connectivity index (χ4n) is 2.34. The Hall–Kier alpha value is -1.81. The largest absolute Gasteiger partial charge is 0.330 e. The summed E-state index contributed by atoms with van der Waals surface area (Å²) in [4.78, 5) is 9.01. The van der Waals surface area contributed by atoms with E-state index in [0.717, 1.165) is 29.8 Å². The quantitative estimate of drug-likeness (QED) is 0.911. The Kier molecular flexibility index (Phi) is 4.79. The van der Waals surface area contributed by atoms with Crippen LogP contribution in [-0.4, -0.2) is 16.5 Å². The molecule has 0 aliphatic heterocycles. The Morgan fingerprint density at radius 1 is 1.10 bits per heavy atom. The van der Waals surface area contributed by atoms with E-state index in [4.69, 9.17) is 5.73 Å². The van der Waals surface area contributed by atoms with Crippen molar-refractivity contribution in [1.82, 2.24) is 9.97 Å². The van der Waals surface area contributed by atoms with Crippen molar-refractivity contribution in [1.29, 1.82) is 0 Å². The number of hydrogen-bond acceptors (Lipinski definition) is 3. The standard InChI is InChI=1S/C16H20FN3/c1-11-14(7-5-9-18)12(2)20-16(19-11)10-13-6-3-4-8-15(13)17/h3-4,6,8H,5,7,9-10,18H2,1-2H3. The van der Waals surface area contributed by atoms with Gasteiger partial charge in [0.05, 0.1) is 0 Å². The Morgan fingerprint density at radius 2 is 1.75 bits per heavy atom. The van der Waals surface area contributed by atoms with E-state index in [1.54, 1.807) is 12.1 Å². The van der Waals surface area contributed by atoms with Gasteiger partial charge in [-0.05, 0) is 50.4 Å². The van der Waals surface area contributed by atoms with Crippen LogP contribution in [0.15, 0.2) is 24.3 Å². The summed E-state index contributed by atoms with van der Waals surface area (Å²) in [6, 6.07) is 6.75. The van der Waals surface area contributed by atoms with E-state index in [0.29, 0.717) is 24.4 Å². The molecule has 1 aromatic carbocycles. The van der Waals surface area contributed by atoms with Crippen LogP contribution in [0.4, 0.5) is 4.39 Å². The molecule has 1 aromatic heterocycles. The predicted molar refractivity (Wildman–Crippen MR) is 78.1 cm³/mol. The number of nitrogens with two attached hydrogens (primary N) is 1. The Balaban J connectivity index is 2.24. The highest BCUT2D eigenvalue weighted by Crippen LogP contribution is 2.15. The molecule has 2 aromatic rings. The average Bonchev–Trinajstić information content (AvgIpc) is 2.41. The molecule has 0 unspecified atom stereocenters. The lowest BCUT2D eigenvalue weighted by molar-refractivity contribution is 0.611. The summed E-state index contributed by atoms with van der Waals surface area (Å²) in [5, 5.41) is 0. The first-order valence-electron chi connectivity index (χ1n) is 6.88. The average molecular weight is 273 g/mol. The molecule has 1 heterocycles. The molecule has 106 valence electrons. The van der Waals surface area contributed by atoms with Crippen molar-refractivity contribution in [2.75, 3.05) is 6.54 Å². The summed E-state index contributed by atoms with van der Waals surface area (Å²) in [6.45, 7) is 4.62. The molecule has 0 amide bonds. The van der Waals surface area contributed by atoms with Crippen LogP contribution < -0.4 is 5.73 Å². The lowest BCUT2D eigenvalue weighted by Gasteiger charge is -2.11.